The molecule has 0 aliphatic heterocycles. The van der Waals surface area contributed by atoms with E-state index >= 15 is 0 Å². The van der Waals surface area contributed by atoms with Gasteiger partial charge >= 0.3 is 0 Å². The summed E-state index contributed by atoms with van der Waals surface area (Å²) in [6.07, 6.45) is 0. The number of hydrogen-bond donors (Lipinski definition) is 3. The third-order valence-corrected chi connectivity index (χ3v) is 4.10. The minimum absolute atomic E-state index is 0.0100. The highest BCUT2D eigenvalue weighted by Crippen LogP contribution is 2.23. The van der Waals surface area contributed by atoms with Crippen LogP contribution in [0.3, 0.4) is 0 Å². The first-order valence-electron chi connectivity index (χ1n) is 9.38. The molecule has 0 radical (unpaired) electrons. The highest BCUT2D eigenvalue weighted by Gasteiger charge is 2.13. The zero-order valence-corrected chi connectivity index (χ0v) is 16.1. The number of rotatable bonds is 8. The minimum Gasteiger partial charge on any atom is -0.492 e. The first-order chi connectivity index (χ1) is 14.2. The second-order valence-corrected chi connectivity index (χ2v) is 6.20. The lowest BCUT2D eigenvalue weighted by molar-refractivity contribution is -0.114. The lowest BCUT2D eigenvalue weighted by Gasteiger charge is -2.14. The Labute approximate surface area is 169 Å². The van der Waals surface area contributed by atoms with E-state index in [4.69, 9.17) is 4.74 Å². The summed E-state index contributed by atoms with van der Waals surface area (Å²) in [6.45, 7) is 2.41. The van der Waals surface area contributed by atoms with E-state index < -0.39 is 0 Å². The van der Waals surface area contributed by atoms with Gasteiger partial charge in [-0.05, 0) is 43.3 Å². The summed E-state index contributed by atoms with van der Waals surface area (Å²) >= 11 is 0. The van der Waals surface area contributed by atoms with Crippen LogP contribution < -0.4 is 20.7 Å². The Morgan fingerprint density at radius 1 is 0.793 bits per heavy atom. The third-order valence-electron chi connectivity index (χ3n) is 4.10. The zero-order valence-electron chi connectivity index (χ0n) is 16.1. The van der Waals surface area contributed by atoms with Gasteiger partial charge in [-0.1, -0.05) is 42.5 Å². The summed E-state index contributed by atoms with van der Waals surface area (Å²) in [7, 11) is 0. The van der Waals surface area contributed by atoms with Crippen molar-refractivity contribution in [2.45, 2.75) is 6.92 Å². The normalized spacial score (nSPS) is 10.1. The van der Waals surface area contributed by atoms with Crippen molar-refractivity contribution in [1.82, 2.24) is 0 Å². The van der Waals surface area contributed by atoms with E-state index in [0.29, 0.717) is 35.0 Å². The number of carbonyl (C=O) groups is 2. The summed E-state index contributed by atoms with van der Waals surface area (Å²) in [5.41, 5.74) is 2.35. The van der Waals surface area contributed by atoms with Crippen LogP contribution in [-0.2, 0) is 4.79 Å². The summed E-state index contributed by atoms with van der Waals surface area (Å²) in [4.78, 5) is 25.0. The molecule has 3 aromatic rings. The van der Waals surface area contributed by atoms with Gasteiger partial charge in [-0.2, -0.15) is 0 Å². The van der Waals surface area contributed by atoms with Gasteiger partial charge in [0.15, 0.2) is 0 Å². The Hall–Kier alpha value is -3.80. The van der Waals surface area contributed by atoms with E-state index in [1.165, 1.54) is 0 Å². The molecule has 0 unspecified atom stereocenters. The van der Waals surface area contributed by atoms with Crippen LogP contribution in [0.4, 0.5) is 17.1 Å². The summed E-state index contributed by atoms with van der Waals surface area (Å²) in [6, 6.07) is 23.5. The molecule has 0 saturated carbocycles. The van der Waals surface area contributed by atoms with Gasteiger partial charge < -0.3 is 20.7 Å². The molecule has 2 amide bonds. The van der Waals surface area contributed by atoms with Crippen molar-refractivity contribution >= 4 is 28.9 Å². The Bertz CT molecular complexity index is 974. The molecule has 0 heterocycles. The number of carbonyl (C=O) groups excluding carboxylic acids is 2. The predicted octanol–water partition coefficient (Wildman–Crippen LogP) is 4.39. The molecule has 3 rings (SSSR count). The molecule has 3 N–H and O–H groups in total. The van der Waals surface area contributed by atoms with Crippen molar-refractivity contribution in [2.75, 3.05) is 29.1 Å². The van der Waals surface area contributed by atoms with Crippen molar-refractivity contribution in [3.63, 3.8) is 0 Å². The molecule has 0 aromatic heterocycles. The van der Waals surface area contributed by atoms with Crippen LogP contribution in [0, 0.1) is 0 Å². The molecule has 0 saturated heterocycles. The maximum absolute atomic E-state index is 12.6. The van der Waals surface area contributed by atoms with Crippen LogP contribution in [0.15, 0.2) is 78.9 Å². The highest BCUT2D eigenvalue weighted by molar-refractivity contribution is 6.08. The second kappa shape index (κ2) is 9.94. The fourth-order valence-electron chi connectivity index (χ4n) is 2.78. The second-order valence-electron chi connectivity index (χ2n) is 6.20. The van der Waals surface area contributed by atoms with Crippen LogP contribution >= 0.6 is 0 Å². The number of anilines is 3. The first kappa shape index (κ1) is 19.9. The first-order valence-corrected chi connectivity index (χ1v) is 9.38. The maximum Gasteiger partial charge on any atom is 0.257 e. The van der Waals surface area contributed by atoms with Crippen LogP contribution in [-0.4, -0.2) is 25.0 Å². The fraction of sp³-hybridized carbons (Fsp3) is 0.130. The van der Waals surface area contributed by atoms with E-state index in [1.54, 1.807) is 30.3 Å². The van der Waals surface area contributed by atoms with E-state index in [2.05, 4.69) is 16.0 Å². The van der Waals surface area contributed by atoms with Gasteiger partial charge in [-0.3, -0.25) is 9.59 Å². The SMILES string of the molecule is CCOc1ccccc1NC(=O)CNc1ccccc1C(=O)Nc1ccccc1. The topological polar surface area (TPSA) is 79.5 Å². The predicted molar refractivity (Wildman–Crippen MR) is 116 cm³/mol. The van der Waals surface area contributed by atoms with Crippen LogP contribution in [0.1, 0.15) is 17.3 Å². The summed E-state index contributed by atoms with van der Waals surface area (Å²) in [5.74, 6) is 0.128. The van der Waals surface area contributed by atoms with Crippen LogP contribution in [0.25, 0.3) is 0 Å². The largest absolute Gasteiger partial charge is 0.492 e. The number of hydrogen-bond acceptors (Lipinski definition) is 4. The van der Waals surface area contributed by atoms with Gasteiger partial charge in [0.1, 0.15) is 5.75 Å². The van der Waals surface area contributed by atoms with Gasteiger partial charge in [-0.15, -0.1) is 0 Å². The van der Waals surface area contributed by atoms with Gasteiger partial charge in [0.05, 0.1) is 24.4 Å². The molecule has 0 fully saturated rings. The molecule has 6 heteroatoms. The number of benzene rings is 3. The van der Waals surface area contributed by atoms with E-state index in [0.717, 1.165) is 0 Å². The van der Waals surface area contributed by atoms with Crippen molar-refractivity contribution < 1.29 is 14.3 Å². The molecule has 6 nitrogen and oxygen atoms in total. The monoisotopic (exact) mass is 389 g/mol. The average Bonchev–Trinajstić information content (AvgIpc) is 2.75. The molecule has 0 bridgehead atoms. The lowest BCUT2D eigenvalue weighted by atomic mass is 10.1. The van der Waals surface area contributed by atoms with Crippen molar-refractivity contribution in [3.05, 3.63) is 84.4 Å². The molecule has 0 aliphatic carbocycles. The Kier molecular flexibility index (Phi) is 6.84. The molecule has 0 aliphatic rings. The third kappa shape index (κ3) is 5.59. The Balaban J connectivity index is 1.64. The number of ether oxygens (including phenoxy) is 1. The van der Waals surface area contributed by atoms with E-state index in [9.17, 15) is 9.59 Å². The number of amides is 2. The van der Waals surface area contributed by atoms with Gasteiger partial charge in [0, 0.05) is 11.4 Å². The van der Waals surface area contributed by atoms with Crippen molar-refractivity contribution in [3.8, 4) is 5.75 Å². The highest BCUT2D eigenvalue weighted by atomic mass is 16.5. The Morgan fingerprint density at radius 3 is 2.21 bits per heavy atom. The van der Waals surface area contributed by atoms with Gasteiger partial charge in [0.2, 0.25) is 5.91 Å². The molecule has 0 spiro atoms. The molecular formula is C23H23N3O3. The molecule has 3 aromatic carbocycles. The molecular weight excluding hydrogens is 366 g/mol. The van der Waals surface area contributed by atoms with E-state index in [-0.39, 0.29) is 18.4 Å². The summed E-state index contributed by atoms with van der Waals surface area (Å²) < 4.78 is 5.52. The van der Waals surface area contributed by atoms with Gasteiger partial charge in [-0.25, -0.2) is 0 Å². The molecule has 148 valence electrons. The Morgan fingerprint density at radius 2 is 1.45 bits per heavy atom. The molecule has 29 heavy (non-hydrogen) atoms. The smallest absolute Gasteiger partial charge is 0.257 e. The fourth-order valence-corrected chi connectivity index (χ4v) is 2.78. The van der Waals surface area contributed by atoms with Crippen molar-refractivity contribution in [2.24, 2.45) is 0 Å². The van der Waals surface area contributed by atoms with Gasteiger partial charge in [0.25, 0.3) is 5.91 Å². The minimum atomic E-state index is -0.249. The van der Waals surface area contributed by atoms with Crippen LogP contribution in [0.2, 0.25) is 0 Å². The maximum atomic E-state index is 12.6. The quantitative estimate of drug-likeness (QED) is 0.534. The molecule has 0 atom stereocenters. The standard InChI is InChI=1S/C23H23N3O3/c1-2-29-21-15-9-8-14-20(21)26-22(27)16-24-19-13-7-6-12-18(19)23(28)25-17-10-4-3-5-11-17/h3-15,24H,2,16H2,1H3,(H,25,28)(H,26,27). The lowest BCUT2D eigenvalue weighted by Crippen LogP contribution is -2.23. The van der Waals surface area contributed by atoms with Crippen molar-refractivity contribution in [1.29, 1.82) is 0 Å². The summed E-state index contributed by atoms with van der Waals surface area (Å²) in [5, 5.41) is 8.72. The van der Waals surface area contributed by atoms with E-state index in [1.807, 2.05) is 55.5 Å². The van der Waals surface area contributed by atoms with Crippen LogP contribution in [0.5, 0.6) is 5.75 Å². The number of para-hydroxylation sites is 4. The number of nitrogens with one attached hydrogen (secondary N) is 3. The zero-order chi connectivity index (χ0) is 20.5. The average molecular weight is 389 g/mol.